The number of halogens is 2. The van der Waals surface area contributed by atoms with Crippen LogP contribution in [-0.4, -0.2) is 20.7 Å². The Balaban J connectivity index is 2.11. The van der Waals surface area contributed by atoms with Crippen LogP contribution in [0.1, 0.15) is 10.4 Å². The van der Waals surface area contributed by atoms with Gasteiger partial charge in [0, 0.05) is 5.56 Å². The summed E-state index contributed by atoms with van der Waals surface area (Å²) in [7, 11) is -3.82. The first-order valence-corrected chi connectivity index (χ1v) is 8.17. The molecule has 0 amide bonds. The van der Waals surface area contributed by atoms with Crippen LogP contribution < -0.4 is 4.72 Å². The van der Waals surface area contributed by atoms with Crippen molar-refractivity contribution in [1.29, 1.82) is 0 Å². The fourth-order valence-corrected chi connectivity index (χ4v) is 2.98. The summed E-state index contributed by atoms with van der Waals surface area (Å²) in [4.78, 5) is 11.8. The number of ketones is 1. The number of carbonyl (C=O) groups excluding carboxylic acids is 1. The molecule has 0 unspecified atom stereocenters. The molecule has 0 aliphatic heterocycles. The molecule has 0 atom stereocenters. The Hall–Kier alpha value is -1.40. The molecule has 2 aromatic carbocycles. The fourth-order valence-electron chi connectivity index (χ4n) is 1.61. The number of hydrogen-bond donors (Lipinski definition) is 1. The zero-order chi connectivity index (χ0) is 15.5. The highest BCUT2D eigenvalue weighted by atomic mass is 35.5. The predicted octanol–water partition coefficient (Wildman–Crippen LogP) is 3.15. The molecule has 2 rings (SSSR count). The monoisotopic (exact) mass is 343 g/mol. The molecule has 21 heavy (non-hydrogen) atoms. The first-order chi connectivity index (χ1) is 9.90. The topological polar surface area (TPSA) is 63.2 Å². The molecule has 0 aromatic heterocycles. The van der Waals surface area contributed by atoms with Gasteiger partial charge in [0.25, 0.3) is 0 Å². The lowest BCUT2D eigenvalue weighted by atomic mass is 10.1. The highest BCUT2D eigenvalue weighted by Crippen LogP contribution is 2.24. The molecule has 0 spiro atoms. The van der Waals surface area contributed by atoms with E-state index in [0.29, 0.717) is 5.56 Å². The smallest absolute Gasteiger partial charge is 0.241 e. The molecule has 0 heterocycles. The summed E-state index contributed by atoms with van der Waals surface area (Å²) in [5, 5.41) is 0.393. The van der Waals surface area contributed by atoms with E-state index in [1.807, 2.05) is 0 Å². The molecule has 0 saturated carbocycles. The van der Waals surface area contributed by atoms with Gasteiger partial charge < -0.3 is 0 Å². The minimum absolute atomic E-state index is 0.0437. The fraction of sp³-hybridized carbons (Fsp3) is 0.0714. The molecule has 0 aliphatic rings. The Kier molecular flexibility index (Phi) is 5.00. The summed E-state index contributed by atoms with van der Waals surface area (Å²) in [5.74, 6) is -0.320. The van der Waals surface area contributed by atoms with Crippen LogP contribution in [0.5, 0.6) is 0 Å². The van der Waals surface area contributed by atoms with Gasteiger partial charge in [-0.25, -0.2) is 13.1 Å². The van der Waals surface area contributed by atoms with Gasteiger partial charge in [0.15, 0.2) is 5.78 Å². The summed E-state index contributed by atoms with van der Waals surface area (Å²) < 4.78 is 26.4. The zero-order valence-corrected chi connectivity index (χ0v) is 13.0. The van der Waals surface area contributed by atoms with Gasteiger partial charge in [-0.15, -0.1) is 0 Å². The summed E-state index contributed by atoms with van der Waals surface area (Å²) in [6.07, 6.45) is 0. The van der Waals surface area contributed by atoms with Crippen molar-refractivity contribution in [3.8, 4) is 0 Å². The van der Waals surface area contributed by atoms with Crippen LogP contribution in [0, 0.1) is 0 Å². The number of Topliss-reactive ketones (excluding diaryl/α,β-unsaturated/α-hetero) is 1. The summed E-state index contributed by atoms with van der Waals surface area (Å²) in [6.45, 7) is -0.327. The Morgan fingerprint density at radius 1 is 1.00 bits per heavy atom. The standard InChI is InChI=1S/C14H11Cl2NO3S/c15-12-7-6-11(8-13(12)16)21(19,20)17-9-14(18)10-4-2-1-3-5-10/h1-8,17H,9H2. The number of benzene rings is 2. The SMILES string of the molecule is O=C(CNS(=O)(=O)c1ccc(Cl)c(Cl)c1)c1ccccc1. The Morgan fingerprint density at radius 2 is 1.67 bits per heavy atom. The van der Waals surface area contributed by atoms with Crippen LogP contribution in [0.2, 0.25) is 10.0 Å². The van der Waals surface area contributed by atoms with Crippen molar-refractivity contribution in [3.05, 3.63) is 64.1 Å². The Morgan fingerprint density at radius 3 is 2.29 bits per heavy atom. The van der Waals surface area contributed by atoms with Gasteiger partial charge in [-0.3, -0.25) is 4.79 Å². The van der Waals surface area contributed by atoms with E-state index in [1.54, 1.807) is 30.3 Å². The second-order valence-electron chi connectivity index (χ2n) is 4.19. The maximum Gasteiger partial charge on any atom is 0.241 e. The van der Waals surface area contributed by atoms with E-state index in [9.17, 15) is 13.2 Å². The molecule has 0 aliphatic carbocycles. The summed E-state index contributed by atoms with van der Waals surface area (Å²) in [5.41, 5.74) is 0.439. The van der Waals surface area contributed by atoms with E-state index >= 15 is 0 Å². The summed E-state index contributed by atoms with van der Waals surface area (Å²) in [6, 6.07) is 12.4. The van der Waals surface area contributed by atoms with E-state index in [1.165, 1.54) is 18.2 Å². The lowest BCUT2D eigenvalue weighted by Crippen LogP contribution is -2.29. The first-order valence-electron chi connectivity index (χ1n) is 5.93. The van der Waals surface area contributed by atoms with Crippen LogP contribution in [0.15, 0.2) is 53.4 Å². The molecule has 4 nitrogen and oxygen atoms in total. The first kappa shape index (κ1) is 16.0. The van der Waals surface area contributed by atoms with Gasteiger partial charge >= 0.3 is 0 Å². The van der Waals surface area contributed by atoms with E-state index in [-0.39, 0.29) is 27.3 Å². The third-order valence-corrected chi connectivity index (χ3v) is 4.86. The van der Waals surface area contributed by atoms with Crippen molar-refractivity contribution < 1.29 is 13.2 Å². The quantitative estimate of drug-likeness (QED) is 0.848. The van der Waals surface area contributed by atoms with E-state index in [0.717, 1.165) is 0 Å². The number of rotatable bonds is 5. The molecule has 1 N–H and O–H groups in total. The molecule has 110 valence electrons. The average molecular weight is 344 g/mol. The second kappa shape index (κ2) is 6.58. The van der Waals surface area contributed by atoms with Gasteiger partial charge in [-0.05, 0) is 18.2 Å². The number of hydrogen-bond acceptors (Lipinski definition) is 3. The molecule has 2 aromatic rings. The lowest BCUT2D eigenvalue weighted by Gasteiger charge is -2.07. The van der Waals surface area contributed by atoms with E-state index in [2.05, 4.69) is 4.72 Å². The highest BCUT2D eigenvalue weighted by molar-refractivity contribution is 7.89. The van der Waals surface area contributed by atoms with Crippen molar-refractivity contribution >= 4 is 39.0 Å². The summed E-state index contributed by atoms with van der Waals surface area (Å²) >= 11 is 11.5. The van der Waals surface area contributed by atoms with Gasteiger partial charge in [0.05, 0.1) is 21.5 Å². The van der Waals surface area contributed by atoms with Gasteiger partial charge in [-0.2, -0.15) is 0 Å². The van der Waals surface area contributed by atoms with Crippen molar-refractivity contribution in [2.24, 2.45) is 0 Å². The normalized spacial score (nSPS) is 11.3. The molecule has 0 radical (unpaired) electrons. The molecule has 0 bridgehead atoms. The molecule has 7 heteroatoms. The zero-order valence-electron chi connectivity index (χ0n) is 10.7. The Bertz CT molecular complexity index is 761. The van der Waals surface area contributed by atoms with Crippen molar-refractivity contribution in [2.75, 3.05) is 6.54 Å². The third-order valence-electron chi connectivity index (χ3n) is 2.72. The van der Waals surface area contributed by atoms with E-state index < -0.39 is 10.0 Å². The van der Waals surface area contributed by atoms with Crippen LogP contribution in [-0.2, 0) is 10.0 Å². The lowest BCUT2D eigenvalue weighted by molar-refractivity contribution is 0.0997. The van der Waals surface area contributed by atoms with E-state index in [4.69, 9.17) is 23.2 Å². The minimum atomic E-state index is -3.82. The van der Waals surface area contributed by atoms with Crippen LogP contribution in [0.4, 0.5) is 0 Å². The number of sulfonamides is 1. The second-order valence-corrected chi connectivity index (χ2v) is 6.77. The molecular formula is C14H11Cl2NO3S. The molecule has 0 fully saturated rings. The predicted molar refractivity (Wildman–Crippen MR) is 82.4 cm³/mol. The average Bonchev–Trinajstić information content (AvgIpc) is 2.48. The minimum Gasteiger partial charge on any atom is -0.293 e. The van der Waals surface area contributed by atoms with Gasteiger partial charge in [0.2, 0.25) is 10.0 Å². The van der Waals surface area contributed by atoms with Crippen molar-refractivity contribution in [1.82, 2.24) is 4.72 Å². The third kappa shape index (κ3) is 4.04. The number of carbonyl (C=O) groups is 1. The van der Waals surface area contributed by atoms with Crippen molar-refractivity contribution in [2.45, 2.75) is 4.90 Å². The van der Waals surface area contributed by atoms with Crippen LogP contribution in [0.3, 0.4) is 0 Å². The largest absolute Gasteiger partial charge is 0.293 e. The van der Waals surface area contributed by atoms with Gasteiger partial charge in [-0.1, -0.05) is 53.5 Å². The Labute approximate surface area is 132 Å². The molecular weight excluding hydrogens is 333 g/mol. The maximum atomic E-state index is 12.1. The van der Waals surface area contributed by atoms with Crippen LogP contribution in [0.25, 0.3) is 0 Å². The molecule has 0 saturated heterocycles. The van der Waals surface area contributed by atoms with Gasteiger partial charge in [0.1, 0.15) is 0 Å². The van der Waals surface area contributed by atoms with Crippen LogP contribution >= 0.6 is 23.2 Å². The number of nitrogens with one attached hydrogen (secondary N) is 1. The van der Waals surface area contributed by atoms with Crippen molar-refractivity contribution in [3.63, 3.8) is 0 Å². The highest BCUT2D eigenvalue weighted by Gasteiger charge is 2.17. The maximum absolute atomic E-state index is 12.1.